The van der Waals surface area contributed by atoms with Gasteiger partial charge in [0.2, 0.25) is 0 Å². The van der Waals surface area contributed by atoms with E-state index in [-0.39, 0.29) is 5.82 Å². The lowest BCUT2D eigenvalue weighted by Crippen LogP contribution is -1.86. The number of benzene rings is 2. The molecule has 0 spiro atoms. The van der Waals surface area contributed by atoms with Crippen molar-refractivity contribution in [1.82, 2.24) is 0 Å². The highest BCUT2D eigenvalue weighted by Crippen LogP contribution is 2.24. The molecule has 0 saturated carbocycles. The molecule has 0 fully saturated rings. The van der Waals surface area contributed by atoms with Gasteiger partial charge in [-0.2, -0.15) is 0 Å². The Hall–Kier alpha value is -1.63. The molecule has 0 nitrogen and oxygen atoms in total. The van der Waals surface area contributed by atoms with Crippen LogP contribution in [0.15, 0.2) is 36.4 Å². The Labute approximate surface area is 95.7 Å². The van der Waals surface area contributed by atoms with Gasteiger partial charge in [-0.15, -0.1) is 0 Å². The Morgan fingerprint density at radius 1 is 0.750 bits per heavy atom. The van der Waals surface area contributed by atoms with Gasteiger partial charge in [-0.05, 0) is 49.6 Å². The van der Waals surface area contributed by atoms with Crippen molar-refractivity contribution < 1.29 is 4.39 Å². The van der Waals surface area contributed by atoms with E-state index in [2.05, 4.69) is 32.0 Å². The first-order valence-electron chi connectivity index (χ1n) is 5.41. The average Bonchev–Trinajstić information content (AvgIpc) is 2.20. The lowest BCUT2D eigenvalue weighted by atomic mass is 9.99. The summed E-state index contributed by atoms with van der Waals surface area (Å²) in [4.78, 5) is 0. The van der Waals surface area contributed by atoms with Gasteiger partial charge in [0.15, 0.2) is 0 Å². The van der Waals surface area contributed by atoms with Crippen molar-refractivity contribution in [3.05, 3.63) is 58.9 Å². The minimum Gasteiger partial charge on any atom is -0.207 e. The summed E-state index contributed by atoms with van der Waals surface area (Å²) in [5, 5.41) is 0. The van der Waals surface area contributed by atoms with Crippen molar-refractivity contribution in [2.24, 2.45) is 0 Å². The monoisotopic (exact) mass is 214 g/mol. The lowest BCUT2D eigenvalue weighted by Gasteiger charge is -2.06. The third kappa shape index (κ3) is 2.13. The topological polar surface area (TPSA) is 0 Å². The third-order valence-corrected chi connectivity index (χ3v) is 2.71. The molecule has 0 unspecified atom stereocenters. The Kier molecular flexibility index (Phi) is 2.78. The Morgan fingerprint density at radius 2 is 1.38 bits per heavy atom. The maximum Gasteiger partial charge on any atom is 0.126 e. The molecule has 0 bridgehead atoms. The fourth-order valence-electron chi connectivity index (χ4n) is 1.97. The summed E-state index contributed by atoms with van der Waals surface area (Å²) < 4.78 is 13.2. The van der Waals surface area contributed by atoms with Crippen LogP contribution in [0.1, 0.15) is 16.7 Å². The molecule has 16 heavy (non-hydrogen) atoms. The Morgan fingerprint density at radius 3 is 1.94 bits per heavy atom. The van der Waals surface area contributed by atoms with Crippen LogP contribution in [0.4, 0.5) is 4.39 Å². The molecule has 1 heteroatoms. The number of rotatable bonds is 1. The first-order valence-corrected chi connectivity index (χ1v) is 5.41. The van der Waals surface area contributed by atoms with E-state index < -0.39 is 0 Å². The van der Waals surface area contributed by atoms with Crippen LogP contribution in [0.5, 0.6) is 0 Å². The molecule has 0 aromatic heterocycles. The fourth-order valence-corrected chi connectivity index (χ4v) is 1.97. The van der Waals surface area contributed by atoms with Crippen LogP contribution in [0.25, 0.3) is 11.1 Å². The Bertz CT molecular complexity index is 507. The van der Waals surface area contributed by atoms with E-state index in [1.54, 1.807) is 6.92 Å². The molecular formula is C15H15F. The summed E-state index contributed by atoms with van der Waals surface area (Å²) in [5.41, 5.74) is 5.39. The van der Waals surface area contributed by atoms with Crippen molar-refractivity contribution in [2.75, 3.05) is 0 Å². The van der Waals surface area contributed by atoms with Crippen molar-refractivity contribution in [3.63, 3.8) is 0 Å². The fraction of sp³-hybridized carbons (Fsp3) is 0.200. The van der Waals surface area contributed by atoms with E-state index in [0.29, 0.717) is 5.56 Å². The van der Waals surface area contributed by atoms with Gasteiger partial charge in [0.1, 0.15) is 5.82 Å². The highest BCUT2D eigenvalue weighted by Gasteiger charge is 2.02. The quantitative estimate of drug-likeness (QED) is 0.659. The summed E-state index contributed by atoms with van der Waals surface area (Å²) >= 11 is 0. The van der Waals surface area contributed by atoms with Crippen LogP contribution in [-0.2, 0) is 0 Å². The van der Waals surface area contributed by atoms with E-state index in [1.165, 1.54) is 17.2 Å². The molecule has 2 aromatic rings. The van der Waals surface area contributed by atoms with E-state index >= 15 is 0 Å². The van der Waals surface area contributed by atoms with Crippen LogP contribution < -0.4 is 0 Å². The van der Waals surface area contributed by atoms with E-state index in [4.69, 9.17) is 0 Å². The molecule has 0 saturated heterocycles. The predicted octanol–water partition coefficient (Wildman–Crippen LogP) is 4.42. The SMILES string of the molecule is Cc1cc(C)cc(-c2ccc(F)c(C)c2)c1. The zero-order valence-electron chi connectivity index (χ0n) is 9.84. The number of aryl methyl sites for hydroxylation is 3. The molecule has 0 aliphatic rings. The largest absolute Gasteiger partial charge is 0.207 e. The molecule has 0 heterocycles. The standard InChI is InChI=1S/C15H15F/c1-10-6-11(2)8-14(7-10)13-4-5-15(16)12(3)9-13/h4-9H,1-3H3. The van der Waals surface area contributed by atoms with Crippen LogP contribution in [-0.4, -0.2) is 0 Å². The van der Waals surface area contributed by atoms with Crippen molar-refractivity contribution in [2.45, 2.75) is 20.8 Å². The zero-order valence-corrected chi connectivity index (χ0v) is 9.84. The highest BCUT2D eigenvalue weighted by atomic mass is 19.1. The minimum atomic E-state index is -0.145. The smallest absolute Gasteiger partial charge is 0.126 e. The predicted molar refractivity (Wildman–Crippen MR) is 66.0 cm³/mol. The molecule has 0 radical (unpaired) electrons. The van der Waals surface area contributed by atoms with Gasteiger partial charge in [-0.1, -0.05) is 35.4 Å². The number of hydrogen-bond acceptors (Lipinski definition) is 0. The minimum absolute atomic E-state index is 0.145. The Balaban J connectivity index is 2.54. The van der Waals surface area contributed by atoms with Gasteiger partial charge in [0.25, 0.3) is 0 Å². The van der Waals surface area contributed by atoms with Crippen molar-refractivity contribution in [3.8, 4) is 11.1 Å². The normalized spacial score (nSPS) is 10.5. The molecule has 82 valence electrons. The molecular weight excluding hydrogens is 199 g/mol. The molecule has 2 aromatic carbocycles. The van der Waals surface area contributed by atoms with Crippen molar-refractivity contribution in [1.29, 1.82) is 0 Å². The molecule has 0 aliphatic heterocycles. The zero-order chi connectivity index (χ0) is 11.7. The molecule has 0 amide bonds. The maximum absolute atomic E-state index is 13.2. The molecule has 0 atom stereocenters. The summed E-state index contributed by atoms with van der Waals surface area (Å²) in [5.74, 6) is -0.145. The van der Waals surface area contributed by atoms with Gasteiger partial charge in [-0.3, -0.25) is 0 Å². The van der Waals surface area contributed by atoms with Gasteiger partial charge < -0.3 is 0 Å². The second-order valence-corrected chi connectivity index (χ2v) is 4.34. The molecule has 2 rings (SSSR count). The van der Waals surface area contributed by atoms with E-state index in [1.807, 2.05) is 12.1 Å². The summed E-state index contributed by atoms with van der Waals surface area (Å²) in [6.07, 6.45) is 0. The summed E-state index contributed by atoms with van der Waals surface area (Å²) in [6, 6.07) is 11.6. The second kappa shape index (κ2) is 4.09. The van der Waals surface area contributed by atoms with E-state index in [9.17, 15) is 4.39 Å². The summed E-state index contributed by atoms with van der Waals surface area (Å²) in [7, 11) is 0. The number of halogens is 1. The van der Waals surface area contributed by atoms with Crippen LogP contribution in [0, 0.1) is 26.6 Å². The van der Waals surface area contributed by atoms with Crippen molar-refractivity contribution >= 4 is 0 Å². The first-order chi connectivity index (χ1) is 7.56. The molecule has 0 N–H and O–H groups in total. The first kappa shape index (κ1) is 10.9. The van der Waals surface area contributed by atoms with Gasteiger partial charge in [0, 0.05) is 0 Å². The van der Waals surface area contributed by atoms with Crippen LogP contribution in [0.2, 0.25) is 0 Å². The molecule has 0 aliphatic carbocycles. The second-order valence-electron chi connectivity index (χ2n) is 4.34. The van der Waals surface area contributed by atoms with Crippen LogP contribution in [0.3, 0.4) is 0 Å². The lowest BCUT2D eigenvalue weighted by molar-refractivity contribution is 0.619. The highest BCUT2D eigenvalue weighted by molar-refractivity contribution is 5.65. The average molecular weight is 214 g/mol. The third-order valence-electron chi connectivity index (χ3n) is 2.71. The number of hydrogen-bond donors (Lipinski definition) is 0. The van der Waals surface area contributed by atoms with Gasteiger partial charge in [0.05, 0.1) is 0 Å². The van der Waals surface area contributed by atoms with Gasteiger partial charge >= 0.3 is 0 Å². The summed E-state index contributed by atoms with van der Waals surface area (Å²) in [6.45, 7) is 5.95. The van der Waals surface area contributed by atoms with Crippen LogP contribution >= 0.6 is 0 Å². The van der Waals surface area contributed by atoms with Gasteiger partial charge in [-0.25, -0.2) is 4.39 Å². The van der Waals surface area contributed by atoms with E-state index in [0.717, 1.165) is 11.1 Å². The maximum atomic E-state index is 13.2.